The minimum Gasteiger partial charge on any atom is -0.466 e. The fourth-order valence-electron chi connectivity index (χ4n) is 2.03. The summed E-state index contributed by atoms with van der Waals surface area (Å²) in [6.07, 6.45) is 4.85. The van der Waals surface area contributed by atoms with Gasteiger partial charge in [0.2, 0.25) is 0 Å². The maximum absolute atomic E-state index is 13.2. The first-order valence-electron chi connectivity index (χ1n) is 9.72. The van der Waals surface area contributed by atoms with E-state index in [0.717, 1.165) is 12.1 Å². The topological polar surface area (TPSA) is 88.1 Å². The van der Waals surface area contributed by atoms with E-state index in [4.69, 9.17) is 9.05 Å². The average molecular weight is 462 g/mol. The van der Waals surface area contributed by atoms with Crippen molar-refractivity contribution < 1.29 is 41.5 Å². The lowest BCUT2D eigenvalue weighted by Crippen LogP contribution is -2.12. The van der Waals surface area contributed by atoms with Crippen molar-refractivity contribution in [2.75, 3.05) is 32.6 Å². The molecule has 0 bridgehead atoms. The molecule has 1 aromatic carbocycles. The molecule has 174 valence electrons. The SMILES string of the molecule is CCOC(=O)C=CC=Cc1c(F)cccc1F.CCOC(=O)CP(=O)(OCC)OCC. The second kappa shape index (κ2) is 16.4. The summed E-state index contributed by atoms with van der Waals surface area (Å²) < 4.78 is 57.2. The molecule has 0 atom stereocenters. The Bertz CT molecular complexity index is 764. The van der Waals surface area contributed by atoms with E-state index in [1.807, 2.05) is 0 Å². The minimum atomic E-state index is -3.28. The van der Waals surface area contributed by atoms with Crippen LogP contribution in [0.25, 0.3) is 6.08 Å². The van der Waals surface area contributed by atoms with Gasteiger partial charge in [-0.3, -0.25) is 9.36 Å². The molecule has 0 radical (unpaired) electrons. The minimum absolute atomic E-state index is 0.138. The fourth-order valence-corrected chi connectivity index (χ4v) is 3.48. The quantitative estimate of drug-likeness (QED) is 0.200. The van der Waals surface area contributed by atoms with E-state index >= 15 is 0 Å². The van der Waals surface area contributed by atoms with Gasteiger partial charge < -0.3 is 18.5 Å². The van der Waals surface area contributed by atoms with Crippen LogP contribution >= 0.6 is 7.60 Å². The number of allylic oxidation sites excluding steroid dienone is 2. The van der Waals surface area contributed by atoms with Crippen molar-refractivity contribution in [3.63, 3.8) is 0 Å². The summed E-state index contributed by atoms with van der Waals surface area (Å²) in [7, 11) is -3.28. The van der Waals surface area contributed by atoms with Crippen LogP contribution in [0, 0.1) is 11.6 Å². The van der Waals surface area contributed by atoms with Gasteiger partial charge in [-0.1, -0.05) is 18.2 Å². The number of rotatable bonds is 11. The maximum Gasteiger partial charge on any atom is 0.341 e. The molecule has 0 aliphatic carbocycles. The second-order valence-corrected chi connectivity index (χ2v) is 7.57. The molecule has 1 aromatic rings. The molecule has 0 unspecified atom stereocenters. The van der Waals surface area contributed by atoms with Crippen molar-refractivity contribution >= 4 is 25.6 Å². The molecule has 0 aliphatic heterocycles. The predicted molar refractivity (Wildman–Crippen MR) is 114 cm³/mol. The number of esters is 2. The Kier molecular flexibility index (Phi) is 15.1. The van der Waals surface area contributed by atoms with Gasteiger partial charge >= 0.3 is 19.5 Å². The lowest BCUT2D eigenvalue weighted by Gasteiger charge is -2.15. The number of carbonyl (C=O) groups is 2. The van der Waals surface area contributed by atoms with Gasteiger partial charge in [-0.2, -0.15) is 0 Å². The Morgan fingerprint density at radius 1 is 0.903 bits per heavy atom. The number of halogens is 2. The molecule has 31 heavy (non-hydrogen) atoms. The lowest BCUT2D eigenvalue weighted by atomic mass is 10.2. The molecule has 0 aromatic heterocycles. The average Bonchev–Trinajstić information content (AvgIpc) is 2.68. The Morgan fingerprint density at radius 2 is 1.45 bits per heavy atom. The Morgan fingerprint density at radius 3 is 1.94 bits per heavy atom. The van der Waals surface area contributed by atoms with Gasteiger partial charge in [0.05, 0.1) is 26.4 Å². The first kappa shape index (κ1) is 28.6. The van der Waals surface area contributed by atoms with E-state index in [1.54, 1.807) is 27.7 Å². The van der Waals surface area contributed by atoms with Crippen LogP contribution in [0.4, 0.5) is 8.78 Å². The van der Waals surface area contributed by atoms with Crippen molar-refractivity contribution in [2.45, 2.75) is 27.7 Å². The summed E-state index contributed by atoms with van der Waals surface area (Å²) in [6, 6.07) is 3.62. The molecule has 0 spiro atoms. The van der Waals surface area contributed by atoms with E-state index in [-0.39, 0.29) is 38.2 Å². The van der Waals surface area contributed by atoms with Gasteiger partial charge in [-0.15, -0.1) is 0 Å². The van der Waals surface area contributed by atoms with Crippen LogP contribution in [0.15, 0.2) is 36.4 Å². The zero-order valence-electron chi connectivity index (χ0n) is 18.1. The Hall–Kier alpha value is -2.35. The third kappa shape index (κ3) is 12.8. The highest BCUT2D eigenvalue weighted by atomic mass is 31.2. The molecule has 0 saturated carbocycles. The van der Waals surface area contributed by atoms with Crippen molar-refractivity contribution in [2.24, 2.45) is 0 Å². The molecule has 0 aliphatic rings. The summed E-state index contributed by atoms with van der Waals surface area (Å²) in [6.45, 7) is 7.80. The zero-order valence-corrected chi connectivity index (χ0v) is 19.0. The number of hydrogen-bond donors (Lipinski definition) is 0. The van der Waals surface area contributed by atoms with Gasteiger partial charge in [0.25, 0.3) is 0 Å². The summed E-state index contributed by atoms with van der Waals surface area (Å²) >= 11 is 0. The summed E-state index contributed by atoms with van der Waals surface area (Å²) in [5, 5.41) is 0. The summed E-state index contributed by atoms with van der Waals surface area (Å²) in [5.74, 6) is -2.35. The van der Waals surface area contributed by atoms with Gasteiger partial charge in [0.15, 0.2) is 0 Å². The lowest BCUT2D eigenvalue weighted by molar-refractivity contribution is -0.140. The van der Waals surface area contributed by atoms with Crippen molar-refractivity contribution in [1.82, 2.24) is 0 Å². The highest BCUT2D eigenvalue weighted by Crippen LogP contribution is 2.47. The van der Waals surface area contributed by atoms with Crippen LogP contribution in [0.1, 0.15) is 33.3 Å². The first-order chi connectivity index (χ1) is 14.7. The van der Waals surface area contributed by atoms with Crippen LogP contribution in [0.3, 0.4) is 0 Å². The maximum atomic E-state index is 13.2. The van der Waals surface area contributed by atoms with Crippen molar-refractivity contribution in [3.05, 3.63) is 53.6 Å². The first-order valence-corrected chi connectivity index (χ1v) is 11.4. The zero-order chi connectivity index (χ0) is 23.7. The van der Waals surface area contributed by atoms with Gasteiger partial charge in [-0.25, -0.2) is 13.6 Å². The molecule has 1 rings (SSSR count). The third-order valence-corrected chi connectivity index (χ3v) is 5.12. The van der Waals surface area contributed by atoms with E-state index in [0.29, 0.717) is 0 Å². The predicted octanol–water partition coefficient (Wildman–Crippen LogP) is 4.91. The standard InChI is InChI=1S/C13H12F2O2.C8H17O5P/c1-2-17-13(16)9-4-3-6-10-11(14)7-5-8-12(10)15;1-4-11-8(9)7-14(10,12-5-2)13-6-3/h3-9H,2H2,1H3;4-7H2,1-3H3. The van der Waals surface area contributed by atoms with Gasteiger partial charge in [0.1, 0.15) is 17.8 Å². The molecular formula is C21H29F2O7P. The molecule has 0 heterocycles. The van der Waals surface area contributed by atoms with E-state index in [2.05, 4.69) is 9.47 Å². The largest absolute Gasteiger partial charge is 0.466 e. The smallest absolute Gasteiger partial charge is 0.341 e. The molecule has 0 saturated heterocycles. The molecule has 0 N–H and O–H groups in total. The molecule has 0 fully saturated rings. The van der Waals surface area contributed by atoms with Crippen LogP contribution in [0.2, 0.25) is 0 Å². The van der Waals surface area contributed by atoms with Crippen molar-refractivity contribution in [3.8, 4) is 0 Å². The fraction of sp³-hybridized carbons (Fsp3) is 0.429. The molecule has 10 heteroatoms. The Labute approximate surface area is 181 Å². The monoisotopic (exact) mass is 462 g/mol. The molecular weight excluding hydrogens is 433 g/mol. The van der Waals surface area contributed by atoms with Crippen LogP contribution in [0.5, 0.6) is 0 Å². The second-order valence-electron chi connectivity index (χ2n) is 5.52. The van der Waals surface area contributed by atoms with Crippen LogP contribution in [-0.4, -0.2) is 44.5 Å². The molecule has 0 amide bonds. The Balaban J connectivity index is 0.000000594. The van der Waals surface area contributed by atoms with Gasteiger partial charge in [-0.05, 0) is 45.9 Å². The normalized spacial score (nSPS) is 11.3. The number of benzene rings is 1. The highest BCUT2D eigenvalue weighted by molar-refractivity contribution is 7.54. The third-order valence-electron chi connectivity index (χ3n) is 3.17. The summed E-state index contributed by atoms with van der Waals surface area (Å²) in [4.78, 5) is 22.0. The van der Waals surface area contributed by atoms with E-state index in [9.17, 15) is 22.9 Å². The number of carbonyl (C=O) groups excluding carboxylic acids is 2. The number of hydrogen-bond acceptors (Lipinski definition) is 7. The van der Waals surface area contributed by atoms with Gasteiger partial charge in [0, 0.05) is 11.6 Å². The molecule has 7 nitrogen and oxygen atoms in total. The number of ether oxygens (including phenoxy) is 2. The summed E-state index contributed by atoms with van der Waals surface area (Å²) in [5.41, 5.74) is -0.138. The highest BCUT2D eigenvalue weighted by Gasteiger charge is 2.28. The van der Waals surface area contributed by atoms with Crippen LogP contribution in [-0.2, 0) is 32.7 Å². The van der Waals surface area contributed by atoms with Crippen molar-refractivity contribution in [1.29, 1.82) is 0 Å². The van der Waals surface area contributed by atoms with E-state index < -0.39 is 31.2 Å². The van der Waals surface area contributed by atoms with E-state index in [1.165, 1.54) is 30.4 Å². The van der Waals surface area contributed by atoms with Crippen LogP contribution < -0.4 is 0 Å².